The van der Waals surface area contributed by atoms with E-state index in [2.05, 4.69) is 0 Å². The number of benzene rings is 1. The number of anilines is 1. The third-order valence-electron chi connectivity index (χ3n) is 3.30. The predicted molar refractivity (Wildman–Crippen MR) is 79.1 cm³/mol. The summed E-state index contributed by atoms with van der Waals surface area (Å²) in [7, 11) is 1.89. The fourth-order valence-corrected chi connectivity index (χ4v) is 2.24. The van der Waals surface area contributed by atoms with Crippen LogP contribution in [-0.4, -0.2) is 26.8 Å². The fourth-order valence-electron chi connectivity index (χ4n) is 2.24. The van der Waals surface area contributed by atoms with E-state index in [1.165, 1.54) is 6.07 Å². The molecule has 4 nitrogen and oxygen atoms in total. The molecule has 2 N–H and O–H groups in total. The zero-order chi connectivity index (χ0) is 14.5. The topological polar surface area (TPSA) is 59.5 Å². The molecule has 0 radical (unpaired) electrons. The molecule has 0 amide bonds. The van der Waals surface area contributed by atoms with Crippen molar-refractivity contribution in [2.75, 3.05) is 31.7 Å². The van der Waals surface area contributed by atoms with E-state index >= 15 is 0 Å². The summed E-state index contributed by atoms with van der Waals surface area (Å²) < 4.78 is 17.5. The smallest absolute Gasteiger partial charge is 0.336 e. The highest BCUT2D eigenvalue weighted by Gasteiger charge is 2.08. The average Bonchev–Trinajstić information content (AvgIpc) is 2.44. The maximum absolute atomic E-state index is 12.2. The third kappa shape index (κ3) is 3.17. The molecule has 5 heteroatoms. The summed E-state index contributed by atoms with van der Waals surface area (Å²) in [6, 6.07) is 7.17. The Morgan fingerprint density at radius 1 is 1.35 bits per heavy atom. The van der Waals surface area contributed by atoms with Crippen molar-refractivity contribution in [3.63, 3.8) is 0 Å². The van der Waals surface area contributed by atoms with Crippen LogP contribution in [0.25, 0.3) is 11.0 Å². The molecular weight excluding hydrogens is 259 g/mol. The largest absolute Gasteiger partial charge is 0.423 e. The highest BCUT2D eigenvalue weighted by molar-refractivity contribution is 5.83. The van der Waals surface area contributed by atoms with Crippen molar-refractivity contribution in [2.45, 2.75) is 12.8 Å². The van der Waals surface area contributed by atoms with Gasteiger partial charge < -0.3 is 15.1 Å². The van der Waals surface area contributed by atoms with E-state index in [0.29, 0.717) is 31.5 Å². The van der Waals surface area contributed by atoms with Crippen molar-refractivity contribution in [1.29, 1.82) is 0 Å². The standard InChI is InChI=1S/C15H19FN2O2/c1-18(8-2-6-16)12-3-4-13-11(5-7-17)9-15(19)20-14(13)10-12/h3-4,9-10H,2,5-8,17H2,1H3. The Bertz CT molecular complexity index is 639. The van der Waals surface area contributed by atoms with E-state index in [4.69, 9.17) is 10.2 Å². The summed E-state index contributed by atoms with van der Waals surface area (Å²) in [6.45, 7) is 0.763. The van der Waals surface area contributed by atoms with Gasteiger partial charge in [-0.3, -0.25) is 4.39 Å². The van der Waals surface area contributed by atoms with Crippen LogP contribution in [0.2, 0.25) is 0 Å². The van der Waals surface area contributed by atoms with Crippen LogP contribution in [0.1, 0.15) is 12.0 Å². The lowest BCUT2D eigenvalue weighted by Crippen LogP contribution is -2.18. The Labute approximate surface area is 117 Å². The highest BCUT2D eigenvalue weighted by Crippen LogP contribution is 2.23. The number of nitrogens with zero attached hydrogens (tertiary/aromatic N) is 1. The van der Waals surface area contributed by atoms with Crippen molar-refractivity contribution in [1.82, 2.24) is 0 Å². The number of nitrogens with two attached hydrogens (primary N) is 1. The predicted octanol–water partition coefficient (Wildman–Crippen LogP) is 2.09. The number of alkyl halides is 1. The Balaban J connectivity index is 2.41. The van der Waals surface area contributed by atoms with Crippen LogP contribution in [-0.2, 0) is 6.42 Å². The summed E-state index contributed by atoms with van der Waals surface area (Å²) >= 11 is 0. The fraction of sp³-hybridized carbons (Fsp3) is 0.400. The minimum Gasteiger partial charge on any atom is -0.423 e. The van der Waals surface area contributed by atoms with Gasteiger partial charge in [-0.05, 0) is 37.1 Å². The summed E-state index contributed by atoms with van der Waals surface area (Å²) in [6.07, 6.45) is 1.12. The van der Waals surface area contributed by atoms with E-state index in [0.717, 1.165) is 16.6 Å². The molecule has 0 aliphatic heterocycles. The molecule has 0 spiro atoms. The number of halogens is 1. The van der Waals surface area contributed by atoms with Crippen LogP contribution >= 0.6 is 0 Å². The van der Waals surface area contributed by atoms with Crippen LogP contribution < -0.4 is 16.3 Å². The Morgan fingerprint density at radius 3 is 2.85 bits per heavy atom. The zero-order valence-corrected chi connectivity index (χ0v) is 11.6. The summed E-state index contributed by atoms with van der Waals surface area (Å²) in [5, 5.41) is 0.901. The van der Waals surface area contributed by atoms with Crippen molar-refractivity contribution >= 4 is 16.7 Å². The van der Waals surface area contributed by atoms with Gasteiger partial charge in [-0.15, -0.1) is 0 Å². The molecule has 20 heavy (non-hydrogen) atoms. The zero-order valence-electron chi connectivity index (χ0n) is 11.6. The lowest BCUT2D eigenvalue weighted by Gasteiger charge is -2.19. The first-order valence-corrected chi connectivity index (χ1v) is 6.69. The molecule has 0 bridgehead atoms. The molecule has 0 aliphatic rings. The average molecular weight is 278 g/mol. The first kappa shape index (κ1) is 14.5. The van der Waals surface area contributed by atoms with Crippen molar-refractivity contribution < 1.29 is 8.81 Å². The molecule has 1 aromatic carbocycles. The lowest BCUT2D eigenvalue weighted by atomic mass is 10.1. The van der Waals surface area contributed by atoms with Gasteiger partial charge in [0.2, 0.25) is 0 Å². The Hall–Kier alpha value is -1.88. The van der Waals surface area contributed by atoms with Crippen LogP contribution in [0.5, 0.6) is 0 Å². The van der Waals surface area contributed by atoms with Gasteiger partial charge in [0.25, 0.3) is 0 Å². The third-order valence-corrected chi connectivity index (χ3v) is 3.30. The van der Waals surface area contributed by atoms with Gasteiger partial charge in [0.05, 0.1) is 6.67 Å². The molecule has 2 rings (SSSR count). The quantitative estimate of drug-likeness (QED) is 0.822. The molecule has 108 valence electrons. The van der Waals surface area contributed by atoms with Crippen molar-refractivity contribution in [3.05, 3.63) is 40.2 Å². The number of fused-ring (bicyclic) bond motifs is 1. The van der Waals surface area contributed by atoms with E-state index < -0.39 is 0 Å². The molecule has 2 aromatic rings. The van der Waals surface area contributed by atoms with E-state index in [-0.39, 0.29) is 12.3 Å². The molecule has 1 aromatic heterocycles. The van der Waals surface area contributed by atoms with Crippen molar-refractivity contribution in [2.24, 2.45) is 5.73 Å². The lowest BCUT2D eigenvalue weighted by molar-refractivity contribution is 0.474. The number of rotatable bonds is 6. The van der Waals surface area contributed by atoms with Gasteiger partial charge in [-0.2, -0.15) is 0 Å². The van der Waals surface area contributed by atoms with Gasteiger partial charge >= 0.3 is 5.63 Å². The minimum atomic E-state index is -0.371. The van der Waals surface area contributed by atoms with E-state index in [9.17, 15) is 9.18 Å². The summed E-state index contributed by atoms with van der Waals surface area (Å²) in [5.74, 6) is 0. The summed E-state index contributed by atoms with van der Waals surface area (Å²) in [5.41, 5.74) is 7.54. The highest BCUT2D eigenvalue weighted by atomic mass is 19.1. The van der Waals surface area contributed by atoms with Crippen LogP contribution in [0.4, 0.5) is 10.1 Å². The van der Waals surface area contributed by atoms with E-state index in [1.807, 2.05) is 30.1 Å². The number of hydrogen-bond acceptors (Lipinski definition) is 4. The second-order valence-corrected chi connectivity index (χ2v) is 4.77. The van der Waals surface area contributed by atoms with E-state index in [1.54, 1.807) is 0 Å². The second-order valence-electron chi connectivity index (χ2n) is 4.77. The first-order chi connectivity index (χ1) is 9.65. The Morgan fingerprint density at radius 2 is 2.15 bits per heavy atom. The number of hydrogen-bond donors (Lipinski definition) is 1. The van der Waals surface area contributed by atoms with Gasteiger partial charge in [0.1, 0.15) is 5.58 Å². The van der Waals surface area contributed by atoms with Crippen molar-refractivity contribution in [3.8, 4) is 0 Å². The molecule has 0 atom stereocenters. The molecule has 1 heterocycles. The monoisotopic (exact) mass is 278 g/mol. The molecule has 0 fully saturated rings. The molecule has 0 unspecified atom stereocenters. The second kappa shape index (κ2) is 6.52. The maximum Gasteiger partial charge on any atom is 0.336 e. The molecular formula is C15H19FN2O2. The van der Waals surface area contributed by atoms with Gasteiger partial charge in [-0.1, -0.05) is 0 Å². The van der Waals surface area contributed by atoms with Crippen LogP contribution in [0.15, 0.2) is 33.5 Å². The van der Waals surface area contributed by atoms with Gasteiger partial charge in [-0.25, -0.2) is 4.79 Å². The Kier molecular flexibility index (Phi) is 4.74. The SMILES string of the molecule is CN(CCCF)c1ccc2c(CCN)cc(=O)oc2c1. The van der Waals surface area contributed by atoms with Gasteiger partial charge in [0, 0.05) is 36.8 Å². The molecule has 0 saturated heterocycles. The molecule has 0 aliphatic carbocycles. The van der Waals surface area contributed by atoms with Crippen LogP contribution in [0, 0.1) is 0 Å². The van der Waals surface area contributed by atoms with Gasteiger partial charge in [0.15, 0.2) is 0 Å². The minimum absolute atomic E-state index is 0.340. The normalized spacial score (nSPS) is 10.9. The molecule has 0 saturated carbocycles. The first-order valence-electron chi connectivity index (χ1n) is 6.69. The maximum atomic E-state index is 12.2. The van der Waals surface area contributed by atoms with Crippen LogP contribution in [0.3, 0.4) is 0 Å². The summed E-state index contributed by atoms with van der Waals surface area (Å²) in [4.78, 5) is 13.5.